The monoisotopic (exact) mass is 333 g/mol. The summed E-state index contributed by atoms with van der Waals surface area (Å²) in [6, 6.07) is 4.06. The number of aromatic nitrogens is 1. The van der Waals surface area contributed by atoms with Crippen LogP contribution in [-0.4, -0.2) is 16.1 Å². The first-order valence-electron chi connectivity index (χ1n) is 5.40. The number of halogens is 4. The second-order valence-corrected chi connectivity index (χ2v) is 5.16. The molecule has 20 heavy (non-hydrogen) atoms. The Balaban J connectivity index is 2.54. The Bertz CT molecular complexity index is 692. The van der Waals surface area contributed by atoms with Gasteiger partial charge in [0, 0.05) is 11.8 Å². The standard InChI is InChI=1S/C13H7Cl3FNO2/c14-7-1-2-8(15)12(16)11(7)13-9(17)3-6(5-18-13)4-10(19)20/h1-3,5H,4H2,(H,19,20). The van der Waals surface area contributed by atoms with Gasteiger partial charge in [0.05, 0.1) is 21.5 Å². The number of benzene rings is 1. The van der Waals surface area contributed by atoms with Gasteiger partial charge in [0.15, 0.2) is 0 Å². The van der Waals surface area contributed by atoms with Crippen LogP contribution in [0.15, 0.2) is 24.4 Å². The molecule has 0 spiro atoms. The second-order valence-electron chi connectivity index (χ2n) is 3.96. The Kier molecular flexibility index (Phi) is 4.48. The van der Waals surface area contributed by atoms with Gasteiger partial charge in [-0.05, 0) is 23.8 Å². The van der Waals surface area contributed by atoms with Crippen molar-refractivity contribution in [2.45, 2.75) is 6.42 Å². The van der Waals surface area contributed by atoms with Gasteiger partial charge in [0.2, 0.25) is 0 Å². The fourth-order valence-corrected chi connectivity index (χ4v) is 2.38. The van der Waals surface area contributed by atoms with E-state index in [0.29, 0.717) is 0 Å². The first-order chi connectivity index (χ1) is 9.40. The number of carbonyl (C=O) groups is 1. The Labute approximate surface area is 128 Å². The highest BCUT2D eigenvalue weighted by molar-refractivity contribution is 6.46. The topological polar surface area (TPSA) is 50.2 Å². The van der Waals surface area contributed by atoms with Crippen LogP contribution in [0.1, 0.15) is 5.56 Å². The first-order valence-corrected chi connectivity index (χ1v) is 6.53. The highest BCUT2D eigenvalue weighted by Gasteiger charge is 2.17. The number of rotatable bonds is 3. The molecule has 1 aromatic heterocycles. The van der Waals surface area contributed by atoms with E-state index in [1.807, 2.05) is 0 Å². The van der Waals surface area contributed by atoms with E-state index >= 15 is 0 Å². The number of carboxylic acid groups (broad SMARTS) is 1. The summed E-state index contributed by atoms with van der Waals surface area (Å²) in [6.07, 6.45) is 0.946. The number of hydrogen-bond donors (Lipinski definition) is 1. The zero-order valence-electron chi connectivity index (χ0n) is 9.83. The minimum absolute atomic E-state index is 0.0726. The molecule has 0 aliphatic rings. The molecule has 2 aromatic rings. The molecule has 104 valence electrons. The molecule has 0 saturated carbocycles. The van der Waals surface area contributed by atoms with Crippen LogP contribution in [0.3, 0.4) is 0 Å². The largest absolute Gasteiger partial charge is 0.481 e. The Morgan fingerprint density at radius 1 is 1.25 bits per heavy atom. The van der Waals surface area contributed by atoms with Crippen LogP contribution < -0.4 is 0 Å². The summed E-state index contributed by atoms with van der Waals surface area (Å²) < 4.78 is 14.1. The molecular formula is C13H7Cl3FNO2. The van der Waals surface area contributed by atoms with Crippen molar-refractivity contribution in [2.75, 3.05) is 0 Å². The highest BCUT2D eigenvalue weighted by Crippen LogP contribution is 2.39. The first kappa shape index (κ1) is 15.0. The molecule has 0 amide bonds. The van der Waals surface area contributed by atoms with E-state index in [1.54, 1.807) is 0 Å². The van der Waals surface area contributed by atoms with Crippen molar-refractivity contribution >= 4 is 40.8 Å². The van der Waals surface area contributed by atoms with Crippen molar-refractivity contribution in [3.63, 3.8) is 0 Å². The molecule has 1 heterocycles. The third-order valence-corrected chi connectivity index (χ3v) is 3.65. The van der Waals surface area contributed by atoms with E-state index in [4.69, 9.17) is 39.9 Å². The number of pyridine rings is 1. The third kappa shape index (κ3) is 3.03. The molecule has 0 radical (unpaired) electrons. The van der Waals surface area contributed by atoms with E-state index < -0.39 is 11.8 Å². The predicted octanol–water partition coefficient (Wildman–Crippen LogP) is 4.48. The van der Waals surface area contributed by atoms with Gasteiger partial charge in [-0.2, -0.15) is 0 Å². The number of aliphatic carboxylic acids is 1. The molecule has 2 rings (SSSR count). The molecule has 0 saturated heterocycles. The molecular weight excluding hydrogens is 328 g/mol. The van der Waals surface area contributed by atoms with Gasteiger partial charge in [-0.1, -0.05) is 34.8 Å². The van der Waals surface area contributed by atoms with Crippen LogP contribution in [0.25, 0.3) is 11.3 Å². The molecule has 3 nitrogen and oxygen atoms in total. The molecule has 0 unspecified atom stereocenters. The molecule has 1 aromatic carbocycles. The van der Waals surface area contributed by atoms with Gasteiger partial charge in [-0.25, -0.2) is 4.39 Å². The van der Waals surface area contributed by atoms with Gasteiger partial charge in [0.25, 0.3) is 0 Å². The highest BCUT2D eigenvalue weighted by atomic mass is 35.5. The van der Waals surface area contributed by atoms with Crippen LogP contribution in [0, 0.1) is 5.82 Å². The molecule has 0 atom stereocenters. The van der Waals surface area contributed by atoms with Gasteiger partial charge in [-0.3, -0.25) is 9.78 Å². The number of hydrogen-bond acceptors (Lipinski definition) is 2. The van der Waals surface area contributed by atoms with Crippen LogP contribution in [-0.2, 0) is 11.2 Å². The molecule has 0 fully saturated rings. The molecule has 0 bridgehead atoms. The summed E-state index contributed by atoms with van der Waals surface area (Å²) >= 11 is 17.9. The maximum Gasteiger partial charge on any atom is 0.307 e. The summed E-state index contributed by atoms with van der Waals surface area (Å²) in [5.74, 6) is -1.78. The Morgan fingerprint density at radius 3 is 2.50 bits per heavy atom. The van der Waals surface area contributed by atoms with E-state index in [2.05, 4.69) is 4.98 Å². The fraction of sp³-hybridized carbons (Fsp3) is 0.0769. The van der Waals surface area contributed by atoms with E-state index in [9.17, 15) is 9.18 Å². The second kappa shape index (κ2) is 5.95. The van der Waals surface area contributed by atoms with E-state index in [1.165, 1.54) is 18.3 Å². The van der Waals surface area contributed by atoms with E-state index in [0.717, 1.165) is 6.07 Å². The third-order valence-electron chi connectivity index (χ3n) is 2.53. The minimum atomic E-state index is -1.07. The number of carboxylic acids is 1. The van der Waals surface area contributed by atoms with Crippen LogP contribution >= 0.6 is 34.8 Å². The minimum Gasteiger partial charge on any atom is -0.481 e. The maximum absolute atomic E-state index is 14.1. The fourth-order valence-electron chi connectivity index (χ4n) is 1.68. The molecule has 0 aliphatic carbocycles. The van der Waals surface area contributed by atoms with Crippen molar-refractivity contribution in [2.24, 2.45) is 0 Å². The van der Waals surface area contributed by atoms with Crippen LogP contribution in [0.4, 0.5) is 4.39 Å². The SMILES string of the molecule is O=C(O)Cc1cnc(-c2c(Cl)ccc(Cl)c2Cl)c(F)c1. The average molecular weight is 335 g/mol. The summed E-state index contributed by atoms with van der Waals surface area (Å²) in [5, 5.41) is 9.18. The zero-order valence-corrected chi connectivity index (χ0v) is 12.1. The summed E-state index contributed by atoms with van der Waals surface area (Å²) in [5.41, 5.74) is 0.352. The Hall–Kier alpha value is -1.36. The van der Waals surface area contributed by atoms with Crippen molar-refractivity contribution in [3.8, 4) is 11.3 Å². The molecule has 0 aliphatic heterocycles. The zero-order chi connectivity index (χ0) is 14.9. The van der Waals surface area contributed by atoms with Crippen molar-refractivity contribution in [3.05, 3.63) is 50.8 Å². The van der Waals surface area contributed by atoms with Crippen molar-refractivity contribution in [1.82, 2.24) is 4.98 Å². The molecule has 1 N–H and O–H groups in total. The lowest BCUT2D eigenvalue weighted by Crippen LogP contribution is -2.02. The van der Waals surface area contributed by atoms with Crippen molar-refractivity contribution < 1.29 is 14.3 Å². The summed E-state index contributed by atoms with van der Waals surface area (Å²) in [6.45, 7) is 0. The average Bonchev–Trinajstić information content (AvgIpc) is 2.36. The van der Waals surface area contributed by atoms with Crippen LogP contribution in [0.5, 0.6) is 0 Å². The van der Waals surface area contributed by atoms with Crippen LogP contribution in [0.2, 0.25) is 15.1 Å². The smallest absolute Gasteiger partial charge is 0.307 e. The van der Waals surface area contributed by atoms with Gasteiger partial charge >= 0.3 is 5.97 Å². The predicted molar refractivity (Wildman–Crippen MR) is 76.0 cm³/mol. The number of nitrogens with zero attached hydrogens (tertiary/aromatic N) is 1. The lowest BCUT2D eigenvalue weighted by molar-refractivity contribution is -0.136. The summed E-state index contributed by atoms with van der Waals surface area (Å²) in [7, 11) is 0. The molecule has 7 heteroatoms. The lowest BCUT2D eigenvalue weighted by atomic mass is 10.1. The quantitative estimate of drug-likeness (QED) is 0.842. The van der Waals surface area contributed by atoms with Gasteiger partial charge in [-0.15, -0.1) is 0 Å². The van der Waals surface area contributed by atoms with Gasteiger partial charge < -0.3 is 5.11 Å². The Morgan fingerprint density at radius 2 is 1.90 bits per heavy atom. The maximum atomic E-state index is 14.1. The van der Waals surface area contributed by atoms with Crippen molar-refractivity contribution in [1.29, 1.82) is 0 Å². The van der Waals surface area contributed by atoms with E-state index in [-0.39, 0.29) is 38.3 Å². The normalized spacial score (nSPS) is 10.6. The van der Waals surface area contributed by atoms with Gasteiger partial charge in [0.1, 0.15) is 11.5 Å². The lowest BCUT2D eigenvalue weighted by Gasteiger charge is -2.09. The summed E-state index contributed by atoms with van der Waals surface area (Å²) in [4.78, 5) is 14.5.